The van der Waals surface area contributed by atoms with Crippen LogP contribution in [0, 0.1) is 6.92 Å². The molecule has 3 heteroatoms. The summed E-state index contributed by atoms with van der Waals surface area (Å²) in [6.45, 7) is 8.32. The highest BCUT2D eigenvalue weighted by atomic mass is 16.5. The van der Waals surface area contributed by atoms with Gasteiger partial charge in [0.1, 0.15) is 0 Å². The van der Waals surface area contributed by atoms with E-state index >= 15 is 0 Å². The van der Waals surface area contributed by atoms with E-state index in [1.165, 1.54) is 42.6 Å². The number of benzene rings is 1. The molecule has 112 valence electrons. The summed E-state index contributed by atoms with van der Waals surface area (Å²) in [6, 6.07) is 7.64. The zero-order chi connectivity index (χ0) is 14.4. The van der Waals surface area contributed by atoms with Gasteiger partial charge in [-0.15, -0.1) is 0 Å². The Morgan fingerprint density at radius 2 is 2.25 bits per heavy atom. The van der Waals surface area contributed by atoms with Gasteiger partial charge in [0, 0.05) is 38.5 Å². The van der Waals surface area contributed by atoms with Gasteiger partial charge in [-0.2, -0.15) is 0 Å². The summed E-state index contributed by atoms with van der Waals surface area (Å²) in [6.07, 6.45) is 3.92. The number of methoxy groups -OCH3 is 1. The highest BCUT2D eigenvalue weighted by molar-refractivity contribution is 5.52. The van der Waals surface area contributed by atoms with E-state index in [-0.39, 0.29) is 0 Å². The number of hydrogen-bond donors (Lipinski definition) is 1. The SMILES string of the molecule is CCC1CCCN1c1ccc(CNCCOC)c(C)c1. The lowest BCUT2D eigenvalue weighted by atomic mass is 10.1. The summed E-state index contributed by atoms with van der Waals surface area (Å²) < 4.78 is 5.05. The second-order valence-corrected chi connectivity index (χ2v) is 5.68. The number of anilines is 1. The monoisotopic (exact) mass is 276 g/mol. The maximum atomic E-state index is 5.05. The van der Waals surface area contributed by atoms with Crippen molar-refractivity contribution >= 4 is 5.69 Å². The molecule has 0 saturated carbocycles. The fourth-order valence-electron chi connectivity index (χ4n) is 3.05. The predicted octanol–water partition coefficient (Wildman–Crippen LogP) is 3.11. The maximum Gasteiger partial charge on any atom is 0.0587 e. The van der Waals surface area contributed by atoms with Crippen LogP contribution in [-0.2, 0) is 11.3 Å². The van der Waals surface area contributed by atoms with Crippen LogP contribution in [-0.4, -0.2) is 32.8 Å². The molecule has 1 aliphatic heterocycles. The minimum Gasteiger partial charge on any atom is -0.383 e. The van der Waals surface area contributed by atoms with Gasteiger partial charge in [0.2, 0.25) is 0 Å². The first kappa shape index (κ1) is 15.3. The molecule has 3 nitrogen and oxygen atoms in total. The molecule has 1 atom stereocenters. The van der Waals surface area contributed by atoms with Crippen molar-refractivity contribution in [1.29, 1.82) is 0 Å². The molecule has 0 aromatic heterocycles. The van der Waals surface area contributed by atoms with Crippen LogP contribution in [0.15, 0.2) is 18.2 Å². The van der Waals surface area contributed by atoms with E-state index in [0.717, 1.165) is 25.7 Å². The molecule has 1 aromatic carbocycles. The Labute approximate surface area is 123 Å². The summed E-state index contributed by atoms with van der Waals surface area (Å²) in [4.78, 5) is 2.58. The Balaban J connectivity index is 1.98. The molecular weight excluding hydrogens is 248 g/mol. The summed E-state index contributed by atoms with van der Waals surface area (Å²) in [7, 11) is 1.74. The standard InChI is InChI=1S/C17H28N2O/c1-4-16-6-5-10-19(16)17-8-7-15(14(2)12-17)13-18-9-11-20-3/h7-8,12,16,18H,4-6,9-11,13H2,1-3H3. The van der Waals surface area contributed by atoms with Gasteiger partial charge in [-0.05, 0) is 49.4 Å². The third-order valence-electron chi connectivity index (χ3n) is 4.30. The number of nitrogens with zero attached hydrogens (tertiary/aromatic N) is 1. The first-order valence-corrected chi connectivity index (χ1v) is 7.82. The number of rotatable bonds is 7. The molecule has 0 aliphatic carbocycles. The molecule has 0 spiro atoms. The van der Waals surface area contributed by atoms with Crippen molar-refractivity contribution in [1.82, 2.24) is 5.32 Å². The van der Waals surface area contributed by atoms with Crippen LogP contribution in [0.5, 0.6) is 0 Å². The third kappa shape index (κ3) is 3.74. The van der Waals surface area contributed by atoms with Crippen molar-refractivity contribution in [2.75, 3.05) is 31.7 Å². The van der Waals surface area contributed by atoms with Crippen LogP contribution in [0.2, 0.25) is 0 Å². The van der Waals surface area contributed by atoms with Gasteiger partial charge < -0.3 is 15.0 Å². The zero-order valence-electron chi connectivity index (χ0n) is 13.1. The van der Waals surface area contributed by atoms with Crippen LogP contribution in [0.25, 0.3) is 0 Å². The van der Waals surface area contributed by atoms with Gasteiger partial charge in [0.05, 0.1) is 6.61 Å². The fraction of sp³-hybridized carbons (Fsp3) is 0.647. The maximum absolute atomic E-state index is 5.05. The van der Waals surface area contributed by atoms with Gasteiger partial charge >= 0.3 is 0 Å². The first-order chi connectivity index (χ1) is 9.76. The minimum atomic E-state index is 0.736. The summed E-state index contributed by atoms with van der Waals surface area (Å²) in [5.41, 5.74) is 4.17. The normalized spacial score (nSPS) is 18.8. The molecule has 2 rings (SSSR count). The summed E-state index contributed by atoms with van der Waals surface area (Å²) in [5.74, 6) is 0. The molecule has 1 N–H and O–H groups in total. The van der Waals surface area contributed by atoms with Crippen LogP contribution in [0.4, 0.5) is 5.69 Å². The lowest BCUT2D eigenvalue weighted by Gasteiger charge is -2.26. The van der Waals surface area contributed by atoms with Gasteiger partial charge in [0.25, 0.3) is 0 Å². The molecule has 1 unspecified atom stereocenters. The van der Waals surface area contributed by atoms with E-state index in [0.29, 0.717) is 0 Å². The molecule has 1 saturated heterocycles. The highest BCUT2D eigenvalue weighted by Crippen LogP contribution is 2.28. The van der Waals surface area contributed by atoms with E-state index in [1.807, 2.05) is 0 Å². The average Bonchev–Trinajstić information content (AvgIpc) is 2.93. The third-order valence-corrected chi connectivity index (χ3v) is 4.30. The molecule has 1 aromatic rings. The second kappa shape index (κ2) is 7.65. The van der Waals surface area contributed by atoms with Gasteiger partial charge in [-0.3, -0.25) is 0 Å². The molecule has 0 amide bonds. The smallest absolute Gasteiger partial charge is 0.0587 e. The molecule has 1 heterocycles. The fourth-order valence-corrected chi connectivity index (χ4v) is 3.05. The Hall–Kier alpha value is -1.06. The van der Waals surface area contributed by atoms with E-state index in [1.54, 1.807) is 7.11 Å². The Morgan fingerprint density at radius 1 is 1.40 bits per heavy atom. The molecule has 20 heavy (non-hydrogen) atoms. The van der Waals surface area contributed by atoms with Gasteiger partial charge in [-0.1, -0.05) is 13.0 Å². The molecule has 0 radical (unpaired) electrons. The Kier molecular flexibility index (Phi) is 5.86. The van der Waals surface area contributed by atoms with Crippen LogP contribution >= 0.6 is 0 Å². The van der Waals surface area contributed by atoms with Crippen molar-refractivity contribution in [3.63, 3.8) is 0 Å². The van der Waals surface area contributed by atoms with Crippen LogP contribution < -0.4 is 10.2 Å². The number of hydrogen-bond acceptors (Lipinski definition) is 3. The number of aryl methyl sites for hydroxylation is 1. The highest BCUT2D eigenvalue weighted by Gasteiger charge is 2.23. The molecule has 1 fully saturated rings. The first-order valence-electron chi connectivity index (χ1n) is 7.82. The quantitative estimate of drug-likeness (QED) is 0.774. The van der Waals surface area contributed by atoms with Crippen molar-refractivity contribution in [2.45, 2.75) is 45.7 Å². The van der Waals surface area contributed by atoms with E-state index < -0.39 is 0 Å². The van der Waals surface area contributed by atoms with Crippen molar-refractivity contribution in [2.24, 2.45) is 0 Å². The number of nitrogens with one attached hydrogen (secondary N) is 1. The van der Waals surface area contributed by atoms with Crippen molar-refractivity contribution in [3.8, 4) is 0 Å². The summed E-state index contributed by atoms with van der Waals surface area (Å²) >= 11 is 0. The minimum absolute atomic E-state index is 0.736. The second-order valence-electron chi connectivity index (χ2n) is 5.68. The lowest BCUT2D eigenvalue weighted by Crippen LogP contribution is -2.28. The van der Waals surface area contributed by atoms with Crippen molar-refractivity contribution < 1.29 is 4.74 Å². The molecule has 1 aliphatic rings. The van der Waals surface area contributed by atoms with E-state index in [2.05, 4.69) is 42.3 Å². The van der Waals surface area contributed by atoms with Crippen molar-refractivity contribution in [3.05, 3.63) is 29.3 Å². The largest absolute Gasteiger partial charge is 0.383 e. The van der Waals surface area contributed by atoms with Crippen LogP contribution in [0.1, 0.15) is 37.3 Å². The molecule has 0 bridgehead atoms. The lowest BCUT2D eigenvalue weighted by molar-refractivity contribution is 0.199. The van der Waals surface area contributed by atoms with E-state index in [4.69, 9.17) is 4.74 Å². The predicted molar refractivity (Wildman–Crippen MR) is 85.4 cm³/mol. The van der Waals surface area contributed by atoms with E-state index in [9.17, 15) is 0 Å². The summed E-state index contributed by atoms with van der Waals surface area (Å²) in [5, 5.41) is 3.41. The topological polar surface area (TPSA) is 24.5 Å². The zero-order valence-corrected chi connectivity index (χ0v) is 13.1. The molecular formula is C17H28N2O. The van der Waals surface area contributed by atoms with Gasteiger partial charge in [0.15, 0.2) is 0 Å². The Morgan fingerprint density at radius 3 is 2.95 bits per heavy atom. The number of ether oxygens (including phenoxy) is 1. The van der Waals surface area contributed by atoms with Gasteiger partial charge in [-0.25, -0.2) is 0 Å². The Bertz CT molecular complexity index is 419. The average molecular weight is 276 g/mol. The van der Waals surface area contributed by atoms with Crippen LogP contribution in [0.3, 0.4) is 0 Å².